The molecule has 1 N–H and O–H groups in total. The normalized spacial score (nSPS) is 17.9. The number of hydrogen-bond acceptors (Lipinski definition) is 3. The van der Waals surface area contributed by atoms with E-state index in [1.165, 1.54) is 16.7 Å². The van der Waals surface area contributed by atoms with Crippen LogP contribution in [0.2, 0.25) is 0 Å². The zero-order chi connectivity index (χ0) is 15.1. The van der Waals surface area contributed by atoms with Gasteiger partial charge in [0.05, 0.1) is 12.2 Å². The molecule has 1 aromatic rings. The molecule has 0 radical (unpaired) electrons. The van der Waals surface area contributed by atoms with Crippen LogP contribution in [0.25, 0.3) is 0 Å². The van der Waals surface area contributed by atoms with Crippen molar-refractivity contribution in [3.63, 3.8) is 0 Å². The molecule has 112 valence electrons. The second-order valence-electron chi connectivity index (χ2n) is 6.56. The predicted molar refractivity (Wildman–Crippen MR) is 80.9 cm³/mol. The monoisotopic (exact) mass is 278 g/mol. The first kappa shape index (κ1) is 15.2. The molecule has 0 saturated heterocycles. The van der Waals surface area contributed by atoms with E-state index in [1.54, 1.807) is 13.8 Å². The Bertz CT molecular complexity index is 512. The SMILES string of the molecule is Cc1c(C)c2c(c(C)c1OCCC(C)(C)O)CC(C)O2. The van der Waals surface area contributed by atoms with Gasteiger partial charge in [0.2, 0.25) is 0 Å². The van der Waals surface area contributed by atoms with Crippen LogP contribution in [0.1, 0.15) is 49.4 Å². The first-order valence-corrected chi connectivity index (χ1v) is 7.35. The molecule has 1 aliphatic rings. The molecule has 1 atom stereocenters. The number of benzene rings is 1. The lowest BCUT2D eigenvalue weighted by molar-refractivity contribution is 0.0551. The molecule has 0 fully saturated rings. The third-order valence-corrected chi connectivity index (χ3v) is 4.08. The van der Waals surface area contributed by atoms with Crippen LogP contribution in [0, 0.1) is 20.8 Å². The molecule has 0 aliphatic carbocycles. The summed E-state index contributed by atoms with van der Waals surface area (Å²) in [6, 6.07) is 0. The minimum absolute atomic E-state index is 0.244. The molecule has 3 nitrogen and oxygen atoms in total. The summed E-state index contributed by atoms with van der Waals surface area (Å²) < 4.78 is 11.9. The summed E-state index contributed by atoms with van der Waals surface area (Å²) in [5.41, 5.74) is 4.09. The van der Waals surface area contributed by atoms with Crippen LogP contribution >= 0.6 is 0 Å². The molecule has 0 aromatic heterocycles. The quantitative estimate of drug-likeness (QED) is 0.916. The molecular formula is C17H26O3. The van der Waals surface area contributed by atoms with Crippen LogP contribution in [0.4, 0.5) is 0 Å². The third kappa shape index (κ3) is 2.93. The van der Waals surface area contributed by atoms with Gasteiger partial charge in [-0.1, -0.05) is 0 Å². The smallest absolute Gasteiger partial charge is 0.126 e. The zero-order valence-electron chi connectivity index (χ0n) is 13.5. The van der Waals surface area contributed by atoms with Crippen molar-refractivity contribution in [3.8, 4) is 11.5 Å². The first-order chi connectivity index (χ1) is 9.20. The van der Waals surface area contributed by atoms with Gasteiger partial charge in [-0.15, -0.1) is 0 Å². The summed E-state index contributed by atoms with van der Waals surface area (Å²) in [5, 5.41) is 9.78. The Hall–Kier alpha value is -1.22. The van der Waals surface area contributed by atoms with E-state index in [4.69, 9.17) is 9.47 Å². The highest BCUT2D eigenvalue weighted by atomic mass is 16.5. The van der Waals surface area contributed by atoms with E-state index in [9.17, 15) is 5.11 Å². The van der Waals surface area contributed by atoms with Crippen LogP contribution in [-0.4, -0.2) is 23.4 Å². The standard InChI is InChI=1S/C17H26O3/c1-10-9-14-13(4)15(19-8-7-17(5,6)18)11(2)12(3)16(14)20-10/h10,18H,7-9H2,1-6H3. The molecule has 1 heterocycles. The van der Waals surface area contributed by atoms with Gasteiger partial charge < -0.3 is 14.6 Å². The van der Waals surface area contributed by atoms with Gasteiger partial charge in [0.1, 0.15) is 17.6 Å². The number of aliphatic hydroxyl groups is 1. The predicted octanol–water partition coefficient (Wildman–Crippen LogP) is 3.48. The zero-order valence-corrected chi connectivity index (χ0v) is 13.5. The van der Waals surface area contributed by atoms with E-state index in [-0.39, 0.29) is 6.10 Å². The second-order valence-corrected chi connectivity index (χ2v) is 6.56. The van der Waals surface area contributed by atoms with Crippen LogP contribution in [-0.2, 0) is 6.42 Å². The number of fused-ring (bicyclic) bond motifs is 1. The average molecular weight is 278 g/mol. The van der Waals surface area contributed by atoms with Gasteiger partial charge in [0, 0.05) is 18.4 Å². The third-order valence-electron chi connectivity index (χ3n) is 4.08. The van der Waals surface area contributed by atoms with E-state index < -0.39 is 5.60 Å². The molecule has 1 aromatic carbocycles. The Balaban J connectivity index is 2.26. The van der Waals surface area contributed by atoms with Gasteiger partial charge in [0.25, 0.3) is 0 Å². The van der Waals surface area contributed by atoms with Crippen molar-refractivity contribution in [3.05, 3.63) is 22.3 Å². The lowest BCUT2D eigenvalue weighted by Crippen LogP contribution is -2.22. The lowest BCUT2D eigenvalue weighted by Gasteiger charge is -2.21. The summed E-state index contributed by atoms with van der Waals surface area (Å²) in [5.74, 6) is 2.01. The van der Waals surface area contributed by atoms with E-state index >= 15 is 0 Å². The average Bonchev–Trinajstić information content (AvgIpc) is 2.72. The van der Waals surface area contributed by atoms with E-state index in [0.717, 1.165) is 23.5 Å². The van der Waals surface area contributed by atoms with Crippen LogP contribution in [0.15, 0.2) is 0 Å². The molecule has 0 bridgehead atoms. The fourth-order valence-corrected chi connectivity index (χ4v) is 2.71. The molecule has 1 aliphatic heterocycles. The molecule has 1 unspecified atom stereocenters. The summed E-state index contributed by atoms with van der Waals surface area (Å²) in [6.45, 7) is 12.5. The Morgan fingerprint density at radius 2 is 1.85 bits per heavy atom. The number of ether oxygens (including phenoxy) is 2. The van der Waals surface area contributed by atoms with Crippen molar-refractivity contribution in [1.29, 1.82) is 0 Å². The maximum absolute atomic E-state index is 9.78. The van der Waals surface area contributed by atoms with E-state index in [0.29, 0.717) is 13.0 Å². The Kier molecular flexibility index (Phi) is 4.01. The van der Waals surface area contributed by atoms with Crippen molar-refractivity contribution in [2.24, 2.45) is 0 Å². The maximum atomic E-state index is 9.78. The highest BCUT2D eigenvalue weighted by Gasteiger charge is 2.27. The highest BCUT2D eigenvalue weighted by molar-refractivity contribution is 5.59. The molecule has 20 heavy (non-hydrogen) atoms. The molecule has 2 rings (SSSR count). The Labute approximate surface area is 121 Å². The van der Waals surface area contributed by atoms with Crippen molar-refractivity contribution >= 4 is 0 Å². The largest absolute Gasteiger partial charge is 0.493 e. The molecule has 0 saturated carbocycles. The van der Waals surface area contributed by atoms with Crippen LogP contribution < -0.4 is 9.47 Å². The van der Waals surface area contributed by atoms with E-state index in [1.807, 2.05) is 0 Å². The minimum atomic E-state index is -0.689. The molecular weight excluding hydrogens is 252 g/mol. The van der Waals surface area contributed by atoms with Gasteiger partial charge >= 0.3 is 0 Å². The summed E-state index contributed by atoms with van der Waals surface area (Å²) in [4.78, 5) is 0. The van der Waals surface area contributed by atoms with Gasteiger partial charge in [-0.05, 0) is 58.2 Å². The van der Waals surface area contributed by atoms with E-state index in [2.05, 4.69) is 27.7 Å². The van der Waals surface area contributed by atoms with Crippen molar-refractivity contribution in [1.82, 2.24) is 0 Å². The minimum Gasteiger partial charge on any atom is -0.493 e. The van der Waals surface area contributed by atoms with Crippen molar-refractivity contribution < 1.29 is 14.6 Å². The Morgan fingerprint density at radius 3 is 2.45 bits per heavy atom. The highest BCUT2D eigenvalue weighted by Crippen LogP contribution is 2.42. The van der Waals surface area contributed by atoms with Crippen molar-refractivity contribution in [2.45, 2.75) is 66.1 Å². The molecule has 3 heteroatoms. The van der Waals surface area contributed by atoms with Gasteiger partial charge in [-0.25, -0.2) is 0 Å². The van der Waals surface area contributed by atoms with Gasteiger partial charge in [-0.2, -0.15) is 0 Å². The summed E-state index contributed by atoms with van der Waals surface area (Å²) in [7, 11) is 0. The maximum Gasteiger partial charge on any atom is 0.126 e. The fraction of sp³-hybridized carbons (Fsp3) is 0.647. The second kappa shape index (κ2) is 5.28. The lowest BCUT2D eigenvalue weighted by atomic mass is 9.96. The molecule has 0 spiro atoms. The fourth-order valence-electron chi connectivity index (χ4n) is 2.71. The van der Waals surface area contributed by atoms with Crippen LogP contribution in [0.5, 0.6) is 11.5 Å². The van der Waals surface area contributed by atoms with Crippen molar-refractivity contribution in [2.75, 3.05) is 6.61 Å². The topological polar surface area (TPSA) is 38.7 Å². The van der Waals surface area contributed by atoms with Gasteiger partial charge in [0.15, 0.2) is 0 Å². The van der Waals surface area contributed by atoms with Crippen LogP contribution in [0.3, 0.4) is 0 Å². The number of hydrogen-bond donors (Lipinski definition) is 1. The first-order valence-electron chi connectivity index (χ1n) is 7.35. The Morgan fingerprint density at radius 1 is 1.20 bits per heavy atom. The number of rotatable bonds is 4. The van der Waals surface area contributed by atoms with Gasteiger partial charge in [-0.3, -0.25) is 0 Å². The summed E-state index contributed by atoms with van der Waals surface area (Å²) in [6.07, 6.45) is 1.81. The molecule has 0 amide bonds. The summed E-state index contributed by atoms with van der Waals surface area (Å²) >= 11 is 0.